The van der Waals surface area contributed by atoms with Gasteiger partial charge in [0.2, 0.25) is 0 Å². The number of hydrogen-bond donors (Lipinski definition) is 0. The Labute approximate surface area is 114 Å². The Morgan fingerprint density at radius 1 is 0.471 bits per heavy atom. The van der Waals surface area contributed by atoms with Crippen LogP contribution in [-0.2, 0) is 0 Å². The second-order valence-corrected chi connectivity index (χ2v) is 4.47. The second kappa shape index (κ2) is 29.8. The number of rotatable bonds is 3. The smallest absolute Gasteiger partial charge is 0.0533 e. The molecule has 1 rings (SSSR count). The number of unbranched alkanes of at least 4 members (excludes halogenated alkanes) is 3. The van der Waals surface area contributed by atoms with Crippen LogP contribution < -0.4 is 0 Å². The second-order valence-electron chi connectivity index (χ2n) is 4.47. The predicted octanol–water partition coefficient (Wildman–Crippen LogP) is 7.62. The minimum atomic E-state index is 0. The molecule has 0 aromatic rings. The van der Waals surface area contributed by atoms with E-state index in [1.807, 2.05) is 0 Å². The van der Waals surface area contributed by atoms with Crippen molar-refractivity contribution in [3.63, 3.8) is 0 Å². The van der Waals surface area contributed by atoms with Crippen LogP contribution in [0.4, 0.5) is 0 Å². The van der Waals surface area contributed by atoms with Crippen LogP contribution in [0.15, 0.2) is 0 Å². The zero-order chi connectivity index (χ0) is 11.8. The van der Waals surface area contributed by atoms with Gasteiger partial charge in [0.05, 0.1) is 0 Å². The highest BCUT2D eigenvalue weighted by Crippen LogP contribution is 2.15. The Morgan fingerprint density at radius 2 is 0.706 bits per heavy atom. The van der Waals surface area contributed by atoms with Crippen LogP contribution >= 0.6 is 0 Å². The maximum atomic E-state index is 2.21. The van der Waals surface area contributed by atoms with Gasteiger partial charge in [0.25, 0.3) is 0 Å². The third-order valence-corrected chi connectivity index (χ3v) is 2.71. The van der Waals surface area contributed by atoms with Gasteiger partial charge in [-0.2, -0.15) is 0 Å². The van der Waals surface area contributed by atoms with E-state index >= 15 is 0 Å². The van der Waals surface area contributed by atoms with Crippen molar-refractivity contribution in [3.8, 4) is 0 Å². The molecule has 0 heterocycles. The van der Waals surface area contributed by atoms with E-state index in [1.165, 1.54) is 70.6 Å². The first kappa shape index (κ1) is 25.8. The molecule has 0 radical (unpaired) electrons. The Balaban J connectivity index is -0.0000000721. The maximum Gasteiger partial charge on any atom is -0.0533 e. The highest BCUT2D eigenvalue weighted by atomic mass is 14.0. The van der Waals surface area contributed by atoms with Gasteiger partial charge in [-0.15, -0.1) is 0 Å². The molecule has 0 saturated heterocycles. The molecule has 1 saturated carbocycles. The molecule has 17 heavy (non-hydrogen) atoms. The molecule has 0 aromatic heterocycles. The molecule has 0 aromatic carbocycles. The monoisotopic (exact) mass is 246 g/mol. The number of hydrogen-bond acceptors (Lipinski definition) is 0. The zero-order valence-electron chi connectivity index (χ0n) is 11.8. The van der Waals surface area contributed by atoms with Crippen molar-refractivity contribution in [1.29, 1.82) is 0 Å². The summed E-state index contributed by atoms with van der Waals surface area (Å²) in [5.41, 5.74) is 0. The van der Waals surface area contributed by atoms with Crippen molar-refractivity contribution in [1.82, 2.24) is 0 Å². The van der Waals surface area contributed by atoms with Crippen LogP contribution in [-0.4, -0.2) is 0 Å². The molecule has 0 bridgehead atoms. The van der Waals surface area contributed by atoms with E-state index in [0.717, 1.165) is 0 Å². The fourth-order valence-corrected chi connectivity index (χ4v) is 1.41. The first-order valence-corrected chi connectivity index (χ1v) is 7.33. The first-order chi connectivity index (χ1) is 7.33. The van der Waals surface area contributed by atoms with Crippen molar-refractivity contribution in [3.05, 3.63) is 0 Å². The largest absolute Gasteiger partial charge is 0.0776 e. The molecule has 0 spiro atoms. The van der Waals surface area contributed by atoms with E-state index in [-0.39, 0.29) is 14.9 Å². The van der Waals surface area contributed by atoms with Gasteiger partial charge in [-0.05, 0) is 0 Å². The summed E-state index contributed by atoms with van der Waals surface area (Å²) >= 11 is 0. The van der Waals surface area contributed by atoms with Gasteiger partial charge in [-0.25, -0.2) is 0 Å². The normalized spacial score (nSPS) is 12.7. The van der Waals surface area contributed by atoms with Gasteiger partial charge in [0.15, 0.2) is 0 Å². The summed E-state index contributed by atoms with van der Waals surface area (Å²) in [6.07, 6.45) is 15.7. The molecule has 1 aliphatic rings. The predicted molar refractivity (Wildman–Crippen MR) is 86.9 cm³/mol. The minimum absolute atomic E-state index is 0. The quantitative estimate of drug-likeness (QED) is 0.480. The molecule has 0 heteroatoms. The summed E-state index contributed by atoms with van der Waals surface area (Å²) < 4.78 is 0. The molecule has 110 valence electrons. The summed E-state index contributed by atoms with van der Waals surface area (Å²) in [4.78, 5) is 0. The summed E-state index contributed by atoms with van der Waals surface area (Å²) in [6.45, 7) is 8.78. The third-order valence-electron chi connectivity index (χ3n) is 2.71. The highest BCUT2D eigenvalue weighted by molar-refractivity contribution is 4.51. The van der Waals surface area contributed by atoms with Crippen LogP contribution in [0.2, 0.25) is 0 Å². The molecule has 0 N–H and O–H groups in total. The molecule has 0 amide bonds. The van der Waals surface area contributed by atoms with Crippen molar-refractivity contribution in [2.24, 2.45) is 0 Å². The van der Waals surface area contributed by atoms with Gasteiger partial charge in [-0.3, -0.25) is 0 Å². The Morgan fingerprint density at radius 3 is 0.765 bits per heavy atom. The lowest BCUT2D eigenvalue weighted by Gasteiger charge is -2.05. The Hall–Kier alpha value is 0. The molecule has 1 fully saturated rings. The minimum Gasteiger partial charge on any atom is -0.0776 e. The molecular weight excluding hydrogens is 204 g/mol. The lowest BCUT2D eigenvalue weighted by molar-refractivity contribution is 0.504. The van der Waals surface area contributed by atoms with Crippen molar-refractivity contribution >= 4 is 0 Å². The average molecular weight is 247 g/mol. The molecule has 1 aliphatic carbocycles. The highest BCUT2D eigenvalue weighted by Gasteiger charge is 1.95. The van der Waals surface area contributed by atoms with E-state index < -0.39 is 0 Å². The van der Waals surface area contributed by atoms with E-state index in [0.29, 0.717) is 0 Å². The van der Waals surface area contributed by atoms with Crippen LogP contribution in [0.1, 0.15) is 113 Å². The van der Waals surface area contributed by atoms with Crippen molar-refractivity contribution < 1.29 is 0 Å². The average Bonchev–Trinajstić information content (AvgIpc) is 2.33. The first-order valence-electron chi connectivity index (χ1n) is 7.33. The zero-order valence-corrected chi connectivity index (χ0v) is 11.8. The molecular formula is C17H42. The fraction of sp³-hybridized carbons (Fsp3) is 1.00. The Kier molecular flexibility index (Phi) is 45.1. The lowest BCUT2D eigenvalue weighted by atomic mass is 10.0. The van der Waals surface area contributed by atoms with Crippen LogP contribution in [0.25, 0.3) is 0 Å². The van der Waals surface area contributed by atoms with Crippen molar-refractivity contribution in [2.75, 3.05) is 0 Å². The van der Waals surface area contributed by atoms with Gasteiger partial charge in [0, 0.05) is 0 Å². The summed E-state index contributed by atoms with van der Waals surface area (Å²) in [7, 11) is 0. The summed E-state index contributed by atoms with van der Waals surface area (Å²) in [5, 5.41) is 0. The van der Waals surface area contributed by atoms with Crippen LogP contribution in [0.5, 0.6) is 0 Å². The molecule has 0 nitrogen and oxygen atoms in total. The van der Waals surface area contributed by atoms with E-state index in [1.54, 1.807) is 0 Å². The fourth-order valence-electron chi connectivity index (χ4n) is 1.41. The van der Waals surface area contributed by atoms with E-state index in [9.17, 15) is 0 Å². The van der Waals surface area contributed by atoms with Gasteiger partial charge in [0.1, 0.15) is 0 Å². The van der Waals surface area contributed by atoms with Crippen molar-refractivity contribution in [2.45, 2.75) is 113 Å². The summed E-state index contributed by atoms with van der Waals surface area (Å²) in [5.74, 6) is 0. The lowest BCUT2D eigenvalue weighted by Crippen LogP contribution is -1.85. The van der Waals surface area contributed by atoms with Crippen LogP contribution in [0, 0.1) is 0 Å². The molecule has 0 unspecified atom stereocenters. The summed E-state index contributed by atoms with van der Waals surface area (Å²) in [6, 6.07) is 0. The topological polar surface area (TPSA) is 0 Å². The van der Waals surface area contributed by atoms with Gasteiger partial charge in [-0.1, -0.05) is 113 Å². The van der Waals surface area contributed by atoms with Gasteiger partial charge >= 0.3 is 0 Å². The SMILES string of the molecule is C.C.C1CCCCC1.CCCC.CCCCC. The molecule has 0 atom stereocenters. The maximum absolute atomic E-state index is 2.21. The standard InChI is InChI=1S/C6H12.C5H12.C4H10.2CH4/c1-2-4-6-5-3-1;1-3-5-4-2;1-3-4-2;;/h1-6H2;3-5H2,1-2H3;3-4H2,1-2H3;2*1H4. The van der Waals surface area contributed by atoms with E-state index in [4.69, 9.17) is 0 Å². The van der Waals surface area contributed by atoms with Crippen LogP contribution in [0.3, 0.4) is 0 Å². The third kappa shape index (κ3) is 38.7. The Bertz CT molecular complexity index is 56.6. The molecule has 0 aliphatic heterocycles. The van der Waals surface area contributed by atoms with Gasteiger partial charge < -0.3 is 0 Å². The van der Waals surface area contributed by atoms with E-state index in [2.05, 4.69) is 27.7 Å².